The monoisotopic (exact) mass is 222 g/mol. The van der Waals surface area contributed by atoms with Crippen LogP contribution in [0.25, 0.3) is 0 Å². The maximum atomic E-state index is 12.0. The summed E-state index contributed by atoms with van der Waals surface area (Å²) >= 11 is -0.115. The molecule has 0 N–H and O–H groups in total. The minimum Gasteiger partial charge on any atom is -0.380 e. The van der Waals surface area contributed by atoms with Gasteiger partial charge in [-0.3, -0.25) is 0 Å². The fourth-order valence-electron chi connectivity index (χ4n) is 0.999. The molecule has 0 unspecified atom stereocenters. The van der Waals surface area contributed by atoms with Crippen LogP contribution in [0.15, 0.2) is 29.2 Å². The molecular formula is C9H9F3OS. The van der Waals surface area contributed by atoms with Crippen LogP contribution in [0.3, 0.4) is 0 Å². The Morgan fingerprint density at radius 2 is 2.07 bits per heavy atom. The Morgan fingerprint density at radius 3 is 2.64 bits per heavy atom. The second-order valence-electron chi connectivity index (χ2n) is 2.63. The molecule has 0 aliphatic rings. The van der Waals surface area contributed by atoms with Gasteiger partial charge in [-0.25, -0.2) is 0 Å². The predicted octanol–water partition coefficient (Wildman–Crippen LogP) is 3.44. The Morgan fingerprint density at radius 1 is 1.36 bits per heavy atom. The highest BCUT2D eigenvalue weighted by Gasteiger charge is 2.29. The van der Waals surface area contributed by atoms with Crippen molar-refractivity contribution in [3.63, 3.8) is 0 Å². The van der Waals surface area contributed by atoms with Gasteiger partial charge in [0.05, 0.1) is 6.61 Å². The first kappa shape index (κ1) is 11.4. The van der Waals surface area contributed by atoms with Crippen molar-refractivity contribution >= 4 is 11.8 Å². The normalized spacial score (nSPS) is 11.7. The molecule has 0 saturated carbocycles. The molecule has 0 aliphatic carbocycles. The molecule has 0 aromatic heterocycles. The zero-order valence-electron chi connectivity index (χ0n) is 7.47. The lowest BCUT2D eigenvalue weighted by Crippen LogP contribution is -1.99. The predicted molar refractivity (Wildman–Crippen MR) is 49.1 cm³/mol. The quantitative estimate of drug-likeness (QED) is 0.724. The highest BCUT2D eigenvalue weighted by atomic mass is 32.2. The molecule has 0 saturated heterocycles. The number of methoxy groups -OCH3 is 1. The van der Waals surface area contributed by atoms with Crippen LogP contribution in [-0.2, 0) is 11.3 Å². The van der Waals surface area contributed by atoms with Crippen LogP contribution in [0.2, 0.25) is 0 Å². The van der Waals surface area contributed by atoms with Gasteiger partial charge in [0, 0.05) is 12.0 Å². The summed E-state index contributed by atoms with van der Waals surface area (Å²) in [4.78, 5) is 0.187. The summed E-state index contributed by atoms with van der Waals surface area (Å²) < 4.78 is 40.8. The zero-order chi connectivity index (χ0) is 10.6. The van der Waals surface area contributed by atoms with Crippen molar-refractivity contribution in [1.29, 1.82) is 0 Å². The van der Waals surface area contributed by atoms with Gasteiger partial charge in [0.2, 0.25) is 0 Å². The van der Waals surface area contributed by atoms with Gasteiger partial charge in [-0.2, -0.15) is 13.2 Å². The van der Waals surface area contributed by atoms with Crippen molar-refractivity contribution in [3.05, 3.63) is 29.8 Å². The standard InChI is InChI=1S/C9H9F3OS/c1-13-6-7-3-2-4-8(5-7)14-9(10,11)12/h2-5H,6H2,1H3. The number of alkyl halides is 3. The van der Waals surface area contributed by atoms with E-state index in [0.29, 0.717) is 6.61 Å². The number of benzene rings is 1. The summed E-state index contributed by atoms with van der Waals surface area (Å²) in [6.45, 7) is 0.326. The third-order valence-corrected chi connectivity index (χ3v) is 2.16. The number of rotatable bonds is 3. The highest BCUT2D eigenvalue weighted by molar-refractivity contribution is 8.00. The topological polar surface area (TPSA) is 9.23 Å². The fourth-order valence-corrected chi connectivity index (χ4v) is 1.62. The summed E-state index contributed by atoms with van der Waals surface area (Å²) in [7, 11) is 1.50. The second kappa shape index (κ2) is 4.70. The minimum atomic E-state index is -4.23. The first-order chi connectivity index (χ1) is 6.51. The van der Waals surface area contributed by atoms with Crippen LogP contribution >= 0.6 is 11.8 Å². The van der Waals surface area contributed by atoms with Crippen molar-refractivity contribution < 1.29 is 17.9 Å². The molecule has 0 aliphatic heterocycles. The number of halogens is 3. The Hall–Kier alpha value is -0.680. The third-order valence-electron chi connectivity index (χ3n) is 1.44. The summed E-state index contributed by atoms with van der Waals surface area (Å²) in [6.07, 6.45) is 0. The molecule has 0 amide bonds. The zero-order valence-corrected chi connectivity index (χ0v) is 8.28. The van der Waals surface area contributed by atoms with E-state index in [4.69, 9.17) is 4.74 Å². The number of ether oxygens (including phenoxy) is 1. The fraction of sp³-hybridized carbons (Fsp3) is 0.333. The van der Waals surface area contributed by atoms with E-state index in [1.165, 1.54) is 19.2 Å². The van der Waals surface area contributed by atoms with Gasteiger partial charge in [0.25, 0.3) is 0 Å². The van der Waals surface area contributed by atoms with E-state index in [2.05, 4.69) is 0 Å². The van der Waals surface area contributed by atoms with Crippen molar-refractivity contribution in [1.82, 2.24) is 0 Å². The first-order valence-corrected chi connectivity index (χ1v) is 4.66. The molecule has 0 bridgehead atoms. The van der Waals surface area contributed by atoms with E-state index in [-0.39, 0.29) is 16.7 Å². The average Bonchev–Trinajstić information content (AvgIpc) is 2.02. The number of hydrogen-bond acceptors (Lipinski definition) is 2. The summed E-state index contributed by atoms with van der Waals surface area (Å²) in [5.41, 5.74) is -3.49. The van der Waals surface area contributed by atoms with E-state index in [9.17, 15) is 13.2 Å². The van der Waals surface area contributed by atoms with Crippen LogP contribution in [0.1, 0.15) is 5.56 Å². The molecule has 1 rings (SSSR count). The summed E-state index contributed by atoms with van der Waals surface area (Å²) in [5.74, 6) is 0. The van der Waals surface area contributed by atoms with Gasteiger partial charge in [0.1, 0.15) is 0 Å². The largest absolute Gasteiger partial charge is 0.446 e. The van der Waals surface area contributed by atoms with Crippen LogP contribution in [0, 0.1) is 0 Å². The van der Waals surface area contributed by atoms with Crippen LogP contribution in [0.5, 0.6) is 0 Å². The molecule has 0 radical (unpaired) electrons. The van der Waals surface area contributed by atoms with E-state index in [1.54, 1.807) is 12.1 Å². The van der Waals surface area contributed by atoms with Crippen molar-refractivity contribution in [3.8, 4) is 0 Å². The molecule has 0 fully saturated rings. The van der Waals surface area contributed by atoms with E-state index in [1.807, 2.05) is 0 Å². The highest BCUT2D eigenvalue weighted by Crippen LogP contribution is 2.36. The molecule has 5 heteroatoms. The average molecular weight is 222 g/mol. The molecule has 14 heavy (non-hydrogen) atoms. The van der Waals surface area contributed by atoms with E-state index >= 15 is 0 Å². The summed E-state index contributed by atoms with van der Waals surface area (Å²) in [5, 5.41) is 0. The number of thioether (sulfide) groups is 1. The number of hydrogen-bond donors (Lipinski definition) is 0. The van der Waals surface area contributed by atoms with Crippen molar-refractivity contribution in [2.75, 3.05) is 7.11 Å². The Balaban J connectivity index is 2.73. The van der Waals surface area contributed by atoms with Gasteiger partial charge < -0.3 is 4.74 Å². The van der Waals surface area contributed by atoms with Crippen molar-refractivity contribution in [2.24, 2.45) is 0 Å². The molecule has 0 heterocycles. The summed E-state index contributed by atoms with van der Waals surface area (Å²) in [6, 6.07) is 6.21. The lowest BCUT2D eigenvalue weighted by molar-refractivity contribution is -0.0328. The maximum Gasteiger partial charge on any atom is 0.446 e. The third kappa shape index (κ3) is 4.02. The molecular weight excluding hydrogens is 213 g/mol. The molecule has 1 nitrogen and oxygen atoms in total. The Labute approximate surface area is 84.3 Å². The maximum absolute atomic E-state index is 12.0. The van der Waals surface area contributed by atoms with Crippen LogP contribution < -0.4 is 0 Å². The van der Waals surface area contributed by atoms with Crippen molar-refractivity contribution in [2.45, 2.75) is 17.0 Å². The smallest absolute Gasteiger partial charge is 0.380 e. The molecule has 1 aromatic rings. The van der Waals surface area contributed by atoms with E-state index < -0.39 is 5.51 Å². The molecule has 0 atom stereocenters. The van der Waals surface area contributed by atoms with Gasteiger partial charge >= 0.3 is 5.51 Å². The van der Waals surface area contributed by atoms with Crippen LogP contribution in [-0.4, -0.2) is 12.6 Å². The van der Waals surface area contributed by atoms with Crippen LogP contribution in [0.4, 0.5) is 13.2 Å². The van der Waals surface area contributed by atoms with E-state index in [0.717, 1.165) is 5.56 Å². The SMILES string of the molecule is COCc1cccc(SC(F)(F)F)c1. The Bertz CT molecular complexity index is 298. The first-order valence-electron chi connectivity index (χ1n) is 3.85. The van der Waals surface area contributed by atoms with Gasteiger partial charge in [-0.15, -0.1) is 0 Å². The lowest BCUT2D eigenvalue weighted by Gasteiger charge is -2.06. The lowest BCUT2D eigenvalue weighted by atomic mass is 10.2. The van der Waals surface area contributed by atoms with Gasteiger partial charge in [-0.1, -0.05) is 12.1 Å². The molecule has 0 spiro atoms. The van der Waals surface area contributed by atoms with Gasteiger partial charge in [-0.05, 0) is 29.5 Å². The van der Waals surface area contributed by atoms with Gasteiger partial charge in [0.15, 0.2) is 0 Å². The molecule has 78 valence electrons. The minimum absolute atomic E-state index is 0.115. The molecule has 1 aromatic carbocycles. The second-order valence-corrected chi connectivity index (χ2v) is 3.77. The Kier molecular flexibility index (Phi) is 3.83.